The summed E-state index contributed by atoms with van der Waals surface area (Å²) in [4.78, 5) is 0. The molecular formula is C6H2Cl3O-. The molecule has 0 aliphatic heterocycles. The Morgan fingerprint density at radius 3 is 2.10 bits per heavy atom. The second kappa shape index (κ2) is 2.87. The molecule has 0 aliphatic rings. The van der Waals surface area contributed by atoms with Crippen LogP contribution in [0.4, 0.5) is 0 Å². The fraction of sp³-hybridized carbons (Fsp3) is 0. The van der Waals surface area contributed by atoms with Crippen LogP contribution in [0.2, 0.25) is 15.1 Å². The van der Waals surface area contributed by atoms with Gasteiger partial charge in [-0.05, 0) is 6.07 Å². The molecule has 0 saturated heterocycles. The molecule has 0 bridgehead atoms. The summed E-state index contributed by atoms with van der Waals surface area (Å²) in [5.41, 5.74) is 0. The lowest BCUT2D eigenvalue weighted by Crippen LogP contribution is -1.90. The number of halogens is 3. The summed E-state index contributed by atoms with van der Waals surface area (Å²) >= 11 is 16.5. The van der Waals surface area contributed by atoms with Gasteiger partial charge in [0.25, 0.3) is 0 Å². The molecular weight excluding hydrogens is 194 g/mol. The molecule has 0 fully saturated rings. The van der Waals surface area contributed by atoms with E-state index in [0.717, 1.165) is 0 Å². The van der Waals surface area contributed by atoms with Gasteiger partial charge in [0.15, 0.2) is 0 Å². The fourth-order valence-electron chi connectivity index (χ4n) is 0.508. The SMILES string of the molecule is [O-]c1ccc(Cl)c(Cl)c1Cl. The Kier molecular flexibility index (Phi) is 2.29. The Hall–Kier alpha value is -0.110. The zero-order chi connectivity index (χ0) is 7.72. The van der Waals surface area contributed by atoms with Crippen molar-refractivity contribution in [3.8, 4) is 5.75 Å². The molecule has 0 aliphatic carbocycles. The Morgan fingerprint density at radius 2 is 1.60 bits per heavy atom. The number of benzene rings is 1. The Morgan fingerprint density at radius 1 is 1.00 bits per heavy atom. The van der Waals surface area contributed by atoms with Crippen LogP contribution in [0.15, 0.2) is 12.1 Å². The van der Waals surface area contributed by atoms with Gasteiger partial charge in [-0.1, -0.05) is 46.6 Å². The van der Waals surface area contributed by atoms with Crippen LogP contribution < -0.4 is 5.11 Å². The predicted octanol–water partition coefficient (Wildman–Crippen LogP) is 2.72. The highest BCUT2D eigenvalue weighted by atomic mass is 35.5. The first-order chi connectivity index (χ1) is 4.63. The zero-order valence-corrected chi connectivity index (χ0v) is 6.96. The highest BCUT2D eigenvalue weighted by Crippen LogP contribution is 2.34. The average molecular weight is 196 g/mol. The summed E-state index contributed by atoms with van der Waals surface area (Å²) in [6, 6.07) is 2.69. The normalized spacial score (nSPS) is 9.90. The molecule has 54 valence electrons. The molecule has 0 heterocycles. The van der Waals surface area contributed by atoms with E-state index in [-0.39, 0.29) is 15.8 Å². The van der Waals surface area contributed by atoms with E-state index in [4.69, 9.17) is 34.8 Å². The molecule has 0 aromatic heterocycles. The van der Waals surface area contributed by atoms with Gasteiger partial charge in [-0.25, -0.2) is 0 Å². The predicted molar refractivity (Wildman–Crippen MR) is 40.9 cm³/mol. The van der Waals surface area contributed by atoms with Gasteiger partial charge < -0.3 is 5.11 Å². The first-order valence-corrected chi connectivity index (χ1v) is 3.57. The zero-order valence-electron chi connectivity index (χ0n) is 4.70. The van der Waals surface area contributed by atoms with E-state index in [0.29, 0.717) is 5.02 Å². The van der Waals surface area contributed by atoms with Crippen LogP contribution in [0.5, 0.6) is 5.75 Å². The minimum atomic E-state index is -0.309. The Labute approximate surface area is 73.1 Å². The van der Waals surface area contributed by atoms with Crippen LogP contribution in [0, 0.1) is 0 Å². The van der Waals surface area contributed by atoms with Crippen molar-refractivity contribution in [2.24, 2.45) is 0 Å². The minimum Gasteiger partial charge on any atom is -0.871 e. The molecule has 10 heavy (non-hydrogen) atoms. The van der Waals surface area contributed by atoms with E-state index < -0.39 is 0 Å². The molecule has 0 atom stereocenters. The number of hydrogen-bond acceptors (Lipinski definition) is 1. The summed E-state index contributed by atoms with van der Waals surface area (Å²) < 4.78 is 0. The molecule has 0 N–H and O–H groups in total. The summed E-state index contributed by atoms with van der Waals surface area (Å²) in [5.74, 6) is -0.309. The lowest BCUT2D eigenvalue weighted by atomic mass is 10.3. The summed E-state index contributed by atoms with van der Waals surface area (Å²) in [5, 5.41) is 11.1. The molecule has 1 aromatic rings. The maximum Gasteiger partial charge on any atom is 0.0772 e. The maximum absolute atomic E-state index is 10.7. The van der Waals surface area contributed by atoms with E-state index >= 15 is 0 Å². The average Bonchev–Trinajstić information content (AvgIpc) is 1.93. The van der Waals surface area contributed by atoms with Crippen molar-refractivity contribution in [3.63, 3.8) is 0 Å². The molecule has 1 rings (SSSR count). The highest BCUT2D eigenvalue weighted by Gasteiger charge is 2.01. The van der Waals surface area contributed by atoms with Crippen LogP contribution in [0.1, 0.15) is 0 Å². The molecule has 0 amide bonds. The van der Waals surface area contributed by atoms with Crippen molar-refractivity contribution in [2.75, 3.05) is 0 Å². The van der Waals surface area contributed by atoms with Crippen molar-refractivity contribution in [1.29, 1.82) is 0 Å². The smallest absolute Gasteiger partial charge is 0.0772 e. The largest absolute Gasteiger partial charge is 0.871 e. The van der Waals surface area contributed by atoms with E-state index in [1.54, 1.807) is 0 Å². The van der Waals surface area contributed by atoms with Crippen LogP contribution in [-0.4, -0.2) is 0 Å². The van der Waals surface area contributed by atoms with Gasteiger partial charge in [0.05, 0.1) is 15.1 Å². The molecule has 4 heteroatoms. The molecule has 1 nitrogen and oxygen atoms in total. The monoisotopic (exact) mass is 195 g/mol. The molecule has 0 unspecified atom stereocenters. The van der Waals surface area contributed by atoms with Gasteiger partial charge in [0.1, 0.15) is 0 Å². The van der Waals surface area contributed by atoms with Gasteiger partial charge in [-0.15, -0.1) is 0 Å². The van der Waals surface area contributed by atoms with E-state index in [9.17, 15) is 5.11 Å². The standard InChI is InChI=1S/C6H3Cl3O/c7-3-1-2-4(10)6(9)5(3)8/h1-2,10H/p-1. The van der Waals surface area contributed by atoms with Crippen LogP contribution in [0.25, 0.3) is 0 Å². The third-order valence-corrected chi connectivity index (χ3v) is 2.28. The maximum atomic E-state index is 10.7. The number of hydrogen-bond donors (Lipinski definition) is 0. The third-order valence-electron chi connectivity index (χ3n) is 1.000. The molecule has 0 spiro atoms. The topological polar surface area (TPSA) is 23.1 Å². The minimum absolute atomic E-state index is 0.0193. The highest BCUT2D eigenvalue weighted by molar-refractivity contribution is 6.48. The van der Waals surface area contributed by atoms with Gasteiger partial charge in [-0.3, -0.25) is 0 Å². The van der Waals surface area contributed by atoms with Gasteiger partial charge in [0, 0.05) is 0 Å². The first kappa shape index (κ1) is 7.99. The van der Waals surface area contributed by atoms with Crippen molar-refractivity contribution >= 4 is 34.8 Å². The van der Waals surface area contributed by atoms with Crippen LogP contribution in [-0.2, 0) is 0 Å². The lowest BCUT2D eigenvalue weighted by molar-refractivity contribution is -0.268. The second-order valence-electron chi connectivity index (χ2n) is 1.67. The molecule has 0 radical (unpaired) electrons. The summed E-state index contributed by atoms with van der Waals surface area (Å²) in [6.07, 6.45) is 0. The quantitative estimate of drug-likeness (QED) is 0.585. The Balaban J connectivity index is 3.34. The Bertz CT molecular complexity index is 232. The van der Waals surface area contributed by atoms with Crippen molar-refractivity contribution < 1.29 is 5.11 Å². The fourth-order valence-corrected chi connectivity index (χ4v) is 1.03. The number of rotatable bonds is 0. The first-order valence-electron chi connectivity index (χ1n) is 2.43. The second-order valence-corrected chi connectivity index (χ2v) is 2.84. The lowest BCUT2D eigenvalue weighted by Gasteiger charge is -2.09. The van der Waals surface area contributed by atoms with Crippen molar-refractivity contribution in [3.05, 3.63) is 27.2 Å². The summed E-state index contributed by atoms with van der Waals surface area (Å²) in [6.45, 7) is 0. The van der Waals surface area contributed by atoms with Crippen LogP contribution >= 0.6 is 34.8 Å². The van der Waals surface area contributed by atoms with Gasteiger partial charge >= 0.3 is 0 Å². The van der Waals surface area contributed by atoms with Crippen LogP contribution in [0.3, 0.4) is 0 Å². The summed E-state index contributed by atoms with van der Waals surface area (Å²) in [7, 11) is 0. The van der Waals surface area contributed by atoms with E-state index in [2.05, 4.69) is 0 Å². The third kappa shape index (κ3) is 1.31. The van der Waals surface area contributed by atoms with E-state index in [1.165, 1.54) is 12.1 Å². The molecule has 0 saturated carbocycles. The van der Waals surface area contributed by atoms with Gasteiger partial charge in [-0.2, -0.15) is 0 Å². The van der Waals surface area contributed by atoms with Crippen molar-refractivity contribution in [1.82, 2.24) is 0 Å². The van der Waals surface area contributed by atoms with Gasteiger partial charge in [0.2, 0.25) is 0 Å². The molecule has 1 aromatic carbocycles. The van der Waals surface area contributed by atoms with E-state index in [1.807, 2.05) is 0 Å². The van der Waals surface area contributed by atoms with Crippen molar-refractivity contribution in [2.45, 2.75) is 0 Å².